The van der Waals surface area contributed by atoms with E-state index < -0.39 is 6.04 Å². The largest absolute Gasteiger partial charge is 0.508 e. The van der Waals surface area contributed by atoms with Crippen LogP contribution in [0.25, 0.3) is 11.4 Å². The van der Waals surface area contributed by atoms with Crippen molar-refractivity contribution in [3.8, 4) is 34.4 Å². The molecule has 1 aliphatic heterocycles. The molecule has 0 spiro atoms. The molecule has 2 N–H and O–H groups in total. The Morgan fingerprint density at radius 1 is 1.06 bits per heavy atom. The maximum Gasteiger partial charge on any atom is 0.226 e. The summed E-state index contributed by atoms with van der Waals surface area (Å²) in [6.45, 7) is 0. The van der Waals surface area contributed by atoms with Gasteiger partial charge in [-0.05, 0) is 42.7 Å². The molecule has 1 atom stereocenters. The summed E-state index contributed by atoms with van der Waals surface area (Å²) in [5.41, 5.74) is 2.96. The average molecular weight is 448 g/mol. The Labute approximate surface area is 190 Å². The Balaban J connectivity index is 1.67. The van der Waals surface area contributed by atoms with Crippen LogP contribution in [0.15, 0.2) is 47.7 Å². The molecule has 170 valence electrons. The maximum absolute atomic E-state index is 13.0. The zero-order valence-corrected chi connectivity index (χ0v) is 18.6. The van der Waals surface area contributed by atoms with E-state index in [1.54, 1.807) is 56.3 Å². The zero-order valence-electron chi connectivity index (χ0n) is 18.6. The number of aromatic nitrogens is 3. The number of nitrogens with one attached hydrogen (secondary N) is 1. The highest BCUT2D eigenvalue weighted by atomic mass is 16.5. The van der Waals surface area contributed by atoms with E-state index in [0.29, 0.717) is 46.6 Å². The van der Waals surface area contributed by atoms with E-state index in [-0.39, 0.29) is 11.5 Å². The lowest BCUT2D eigenvalue weighted by Gasteiger charge is -2.32. The van der Waals surface area contributed by atoms with Crippen molar-refractivity contribution >= 4 is 11.7 Å². The van der Waals surface area contributed by atoms with Crippen molar-refractivity contribution in [3.05, 3.63) is 53.2 Å². The van der Waals surface area contributed by atoms with Gasteiger partial charge in [0.25, 0.3) is 0 Å². The molecule has 0 unspecified atom stereocenters. The molecule has 3 aromatic rings. The molecule has 9 nitrogen and oxygen atoms in total. The topological polar surface area (TPSA) is 108 Å². The van der Waals surface area contributed by atoms with Crippen molar-refractivity contribution < 1.29 is 24.1 Å². The quantitative estimate of drug-likeness (QED) is 0.608. The summed E-state index contributed by atoms with van der Waals surface area (Å²) in [6, 6.07) is 9.98. The predicted octanol–water partition coefficient (Wildman–Crippen LogP) is 3.70. The normalized spacial score (nSPS) is 17.2. The third kappa shape index (κ3) is 3.45. The van der Waals surface area contributed by atoms with Gasteiger partial charge in [0, 0.05) is 23.3 Å². The number of hydrogen-bond donors (Lipinski definition) is 2. The van der Waals surface area contributed by atoms with Gasteiger partial charge in [0.1, 0.15) is 11.8 Å². The first kappa shape index (κ1) is 20.9. The number of anilines is 1. The molecule has 2 aliphatic rings. The number of rotatable bonds is 5. The van der Waals surface area contributed by atoms with Crippen LogP contribution in [0.4, 0.5) is 5.95 Å². The minimum atomic E-state index is -0.487. The first-order valence-corrected chi connectivity index (χ1v) is 10.6. The van der Waals surface area contributed by atoms with Gasteiger partial charge in [-0.3, -0.25) is 4.79 Å². The van der Waals surface area contributed by atoms with Crippen molar-refractivity contribution in [2.75, 3.05) is 26.6 Å². The smallest absolute Gasteiger partial charge is 0.226 e. The van der Waals surface area contributed by atoms with Crippen molar-refractivity contribution in [1.82, 2.24) is 14.8 Å². The fourth-order valence-corrected chi connectivity index (χ4v) is 4.49. The van der Waals surface area contributed by atoms with Gasteiger partial charge in [0.05, 0.1) is 21.3 Å². The van der Waals surface area contributed by atoms with Gasteiger partial charge >= 0.3 is 0 Å². The highest BCUT2D eigenvalue weighted by Gasteiger charge is 2.37. The van der Waals surface area contributed by atoms with E-state index in [1.165, 1.54) is 0 Å². The first-order chi connectivity index (χ1) is 16.0. The van der Waals surface area contributed by atoms with Gasteiger partial charge in [0.2, 0.25) is 11.7 Å². The lowest BCUT2D eigenvalue weighted by Crippen LogP contribution is -2.31. The number of aromatic hydroxyl groups is 1. The Hall–Kier alpha value is -4.01. The average Bonchev–Trinajstić information content (AvgIpc) is 3.25. The minimum Gasteiger partial charge on any atom is -0.508 e. The van der Waals surface area contributed by atoms with Crippen LogP contribution in [0, 0.1) is 0 Å². The van der Waals surface area contributed by atoms with Crippen LogP contribution >= 0.6 is 0 Å². The van der Waals surface area contributed by atoms with E-state index in [9.17, 15) is 9.90 Å². The Morgan fingerprint density at radius 3 is 2.48 bits per heavy atom. The minimum absolute atomic E-state index is 0.0765. The molecule has 9 heteroatoms. The van der Waals surface area contributed by atoms with Crippen molar-refractivity contribution in [3.63, 3.8) is 0 Å². The summed E-state index contributed by atoms with van der Waals surface area (Å²) in [7, 11) is 4.65. The lowest BCUT2D eigenvalue weighted by molar-refractivity contribution is -0.116. The SMILES string of the molecule is COc1cc(-c2nc3n(n2)[C@H](c2cccc(O)c2)C2=C(CCCC2=O)N3)cc(OC)c1OC. The second kappa shape index (κ2) is 8.16. The number of allylic oxidation sites excluding steroid dienone is 2. The van der Waals surface area contributed by atoms with E-state index in [4.69, 9.17) is 24.3 Å². The van der Waals surface area contributed by atoms with Crippen LogP contribution in [0.2, 0.25) is 0 Å². The van der Waals surface area contributed by atoms with Crippen molar-refractivity contribution in [2.24, 2.45) is 0 Å². The van der Waals surface area contributed by atoms with Gasteiger partial charge < -0.3 is 24.6 Å². The molecule has 0 bridgehead atoms. The number of phenols is 1. The number of carbonyl (C=O) groups excluding carboxylic acids is 1. The molecule has 2 aromatic carbocycles. The number of methoxy groups -OCH3 is 3. The fourth-order valence-electron chi connectivity index (χ4n) is 4.49. The molecular weight excluding hydrogens is 424 g/mol. The standard InChI is InChI=1S/C24H24N4O5/c1-31-18-11-14(12-19(32-2)22(18)33-3)23-26-24-25-16-8-5-9-17(30)20(16)21(28(24)27-23)13-6-4-7-15(29)10-13/h4,6-7,10-12,21,29H,5,8-9H2,1-3H3,(H,25,26,27)/t21-/m1/s1. The zero-order chi connectivity index (χ0) is 23.1. The second-order valence-corrected chi connectivity index (χ2v) is 7.91. The lowest BCUT2D eigenvalue weighted by atomic mass is 9.85. The molecule has 2 heterocycles. The van der Waals surface area contributed by atoms with E-state index in [0.717, 1.165) is 24.1 Å². The molecule has 0 fully saturated rings. The number of ether oxygens (including phenoxy) is 3. The van der Waals surface area contributed by atoms with E-state index in [2.05, 4.69) is 5.32 Å². The third-order valence-electron chi connectivity index (χ3n) is 5.98. The van der Waals surface area contributed by atoms with Crippen LogP contribution in [-0.4, -0.2) is 47.0 Å². The number of carbonyl (C=O) groups is 1. The van der Waals surface area contributed by atoms with Gasteiger partial charge in [0.15, 0.2) is 23.1 Å². The first-order valence-electron chi connectivity index (χ1n) is 10.6. The second-order valence-electron chi connectivity index (χ2n) is 7.91. The fraction of sp³-hybridized carbons (Fsp3) is 0.292. The summed E-state index contributed by atoms with van der Waals surface area (Å²) in [4.78, 5) is 17.7. The Kier molecular flexibility index (Phi) is 5.16. The number of Topliss-reactive ketones (excluding diaryl/α,β-unsaturated/α-hetero) is 1. The summed E-state index contributed by atoms with van der Waals surface area (Å²) in [6.07, 6.45) is 2.02. The van der Waals surface area contributed by atoms with Crippen LogP contribution in [-0.2, 0) is 4.79 Å². The van der Waals surface area contributed by atoms with Gasteiger partial charge in [-0.1, -0.05) is 12.1 Å². The van der Waals surface area contributed by atoms with Crippen molar-refractivity contribution in [2.45, 2.75) is 25.3 Å². The molecule has 33 heavy (non-hydrogen) atoms. The number of benzene rings is 2. The maximum atomic E-state index is 13.0. The monoisotopic (exact) mass is 448 g/mol. The number of ketones is 1. The van der Waals surface area contributed by atoms with Crippen LogP contribution in [0.5, 0.6) is 23.0 Å². The number of phenolic OH excluding ortho intramolecular Hbond substituents is 1. The predicted molar refractivity (Wildman–Crippen MR) is 121 cm³/mol. The number of fused-ring (bicyclic) bond motifs is 1. The third-order valence-corrected chi connectivity index (χ3v) is 5.98. The van der Waals surface area contributed by atoms with E-state index >= 15 is 0 Å². The molecule has 5 rings (SSSR count). The van der Waals surface area contributed by atoms with Crippen LogP contribution < -0.4 is 19.5 Å². The van der Waals surface area contributed by atoms with Crippen LogP contribution in [0.1, 0.15) is 30.9 Å². The number of hydrogen-bond acceptors (Lipinski definition) is 8. The van der Waals surface area contributed by atoms with Crippen molar-refractivity contribution in [1.29, 1.82) is 0 Å². The highest BCUT2D eigenvalue weighted by molar-refractivity contribution is 5.99. The summed E-state index contributed by atoms with van der Waals surface area (Å²) in [5.74, 6) is 2.63. The Morgan fingerprint density at radius 2 is 1.82 bits per heavy atom. The van der Waals surface area contributed by atoms with Gasteiger partial charge in [-0.2, -0.15) is 4.98 Å². The molecule has 1 aromatic heterocycles. The highest BCUT2D eigenvalue weighted by Crippen LogP contribution is 2.43. The summed E-state index contributed by atoms with van der Waals surface area (Å²) in [5, 5.41) is 18.2. The number of nitrogens with zero attached hydrogens (tertiary/aromatic N) is 3. The van der Waals surface area contributed by atoms with Gasteiger partial charge in [-0.15, -0.1) is 5.10 Å². The van der Waals surface area contributed by atoms with E-state index in [1.807, 2.05) is 6.07 Å². The molecule has 1 aliphatic carbocycles. The Bertz CT molecular complexity index is 1250. The summed E-state index contributed by atoms with van der Waals surface area (Å²) >= 11 is 0. The molecular formula is C24H24N4O5. The van der Waals surface area contributed by atoms with Crippen LogP contribution in [0.3, 0.4) is 0 Å². The molecule has 0 radical (unpaired) electrons. The molecule has 0 amide bonds. The summed E-state index contributed by atoms with van der Waals surface area (Å²) < 4.78 is 18.1. The molecule has 0 saturated heterocycles. The molecule has 0 saturated carbocycles. The van der Waals surface area contributed by atoms with Gasteiger partial charge in [-0.25, -0.2) is 4.68 Å².